The predicted molar refractivity (Wildman–Crippen MR) is 99.5 cm³/mol. The summed E-state index contributed by atoms with van der Waals surface area (Å²) in [4.78, 5) is 22.9. The van der Waals surface area contributed by atoms with Crippen LogP contribution in [0.4, 0.5) is 0 Å². The Labute approximate surface area is 161 Å². The molecular formula is C20H16ClN3O3. The molecule has 3 aromatic rings. The van der Waals surface area contributed by atoms with Crippen LogP contribution in [0.3, 0.4) is 0 Å². The van der Waals surface area contributed by atoms with Gasteiger partial charge in [-0.15, -0.1) is 0 Å². The molecule has 1 aliphatic rings. The standard InChI is InChI=1S/C20H16ClN3O3/c21-16-5-3-7-19-15(16)11-24(10-13-4-1-2-6-18(13)27-19)20(26)17-9-22-14(12-25)8-23-17/h1-9,25H,10-12H2. The zero-order chi connectivity index (χ0) is 18.8. The minimum atomic E-state index is -0.269. The molecule has 1 amide bonds. The third kappa shape index (κ3) is 3.49. The molecule has 1 N–H and O–H groups in total. The molecule has 0 unspecified atom stereocenters. The first kappa shape index (κ1) is 17.5. The summed E-state index contributed by atoms with van der Waals surface area (Å²) in [7, 11) is 0. The van der Waals surface area contributed by atoms with E-state index in [0.29, 0.717) is 28.8 Å². The molecule has 2 heterocycles. The fourth-order valence-electron chi connectivity index (χ4n) is 2.95. The highest BCUT2D eigenvalue weighted by molar-refractivity contribution is 6.31. The lowest BCUT2D eigenvalue weighted by atomic mass is 10.1. The monoisotopic (exact) mass is 381 g/mol. The topological polar surface area (TPSA) is 75.5 Å². The molecule has 0 saturated heterocycles. The molecule has 4 rings (SSSR count). The minimum absolute atomic E-state index is 0.208. The summed E-state index contributed by atoms with van der Waals surface area (Å²) in [5.41, 5.74) is 2.24. The van der Waals surface area contributed by atoms with Crippen LogP contribution in [0.1, 0.15) is 27.3 Å². The van der Waals surface area contributed by atoms with Gasteiger partial charge in [-0.05, 0) is 18.2 Å². The lowest BCUT2D eigenvalue weighted by molar-refractivity contribution is 0.0718. The number of aliphatic hydroxyl groups excluding tert-OH is 1. The average Bonchev–Trinajstić information content (AvgIpc) is 2.68. The van der Waals surface area contributed by atoms with Gasteiger partial charge in [0.1, 0.15) is 17.2 Å². The van der Waals surface area contributed by atoms with Crippen molar-refractivity contribution in [3.05, 3.63) is 82.4 Å². The lowest BCUT2D eigenvalue weighted by Gasteiger charge is -2.28. The van der Waals surface area contributed by atoms with Crippen molar-refractivity contribution in [2.24, 2.45) is 0 Å². The van der Waals surface area contributed by atoms with Gasteiger partial charge in [0.15, 0.2) is 0 Å². The molecule has 7 heteroatoms. The number of aromatic nitrogens is 2. The molecule has 1 aromatic heterocycles. The number of halogens is 1. The van der Waals surface area contributed by atoms with Gasteiger partial charge in [0, 0.05) is 16.1 Å². The Morgan fingerprint density at radius 1 is 1.07 bits per heavy atom. The number of aliphatic hydroxyl groups is 1. The van der Waals surface area contributed by atoms with Crippen molar-refractivity contribution in [3.63, 3.8) is 0 Å². The number of carbonyl (C=O) groups is 1. The van der Waals surface area contributed by atoms with Gasteiger partial charge in [0.05, 0.1) is 37.8 Å². The molecule has 136 valence electrons. The first-order valence-corrected chi connectivity index (χ1v) is 8.77. The quantitative estimate of drug-likeness (QED) is 0.734. The number of para-hydroxylation sites is 1. The molecule has 27 heavy (non-hydrogen) atoms. The van der Waals surface area contributed by atoms with E-state index in [9.17, 15) is 4.79 Å². The summed E-state index contributed by atoms with van der Waals surface area (Å²) in [5, 5.41) is 9.64. The number of hydrogen-bond donors (Lipinski definition) is 1. The van der Waals surface area contributed by atoms with Crippen LogP contribution in [-0.2, 0) is 19.7 Å². The zero-order valence-electron chi connectivity index (χ0n) is 14.3. The first-order chi connectivity index (χ1) is 13.2. The van der Waals surface area contributed by atoms with Crippen molar-refractivity contribution in [2.75, 3.05) is 0 Å². The van der Waals surface area contributed by atoms with Crippen molar-refractivity contribution in [1.29, 1.82) is 0 Å². The Morgan fingerprint density at radius 3 is 2.67 bits per heavy atom. The Balaban J connectivity index is 1.75. The summed E-state index contributed by atoms with van der Waals surface area (Å²) in [6, 6.07) is 13.0. The Kier molecular flexibility index (Phi) is 4.75. The molecule has 0 saturated carbocycles. The second-order valence-electron chi connectivity index (χ2n) is 6.14. The number of ether oxygens (including phenoxy) is 1. The molecule has 0 fully saturated rings. The van der Waals surface area contributed by atoms with E-state index < -0.39 is 0 Å². The van der Waals surface area contributed by atoms with Gasteiger partial charge < -0.3 is 14.7 Å². The van der Waals surface area contributed by atoms with E-state index in [1.807, 2.05) is 36.4 Å². The average molecular weight is 382 g/mol. The van der Waals surface area contributed by atoms with E-state index in [4.69, 9.17) is 21.4 Å². The smallest absolute Gasteiger partial charge is 0.274 e. The number of carbonyl (C=O) groups excluding carboxylic acids is 1. The molecule has 6 nitrogen and oxygen atoms in total. The lowest BCUT2D eigenvalue weighted by Crippen LogP contribution is -2.32. The fourth-order valence-corrected chi connectivity index (χ4v) is 3.17. The molecule has 0 spiro atoms. The first-order valence-electron chi connectivity index (χ1n) is 8.40. The molecule has 0 bridgehead atoms. The van der Waals surface area contributed by atoms with Crippen LogP contribution in [0, 0.1) is 0 Å². The van der Waals surface area contributed by atoms with Crippen molar-refractivity contribution in [2.45, 2.75) is 19.7 Å². The summed E-state index contributed by atoms with van der Waals surface area (Å²) < 4.78 is 6.05. The highest BCUT2D eigenvalue weighted by Gasteiger charge is 2.25. The van der Waals surface area contributed by atoms with Gasteiger partial charge in [-0.3, -0.25) is 9.78 Å². The minimum Gasteiger partial charge on any atom is -0.457 e. The highest BCUT2D eigenvalue weighted by atomic mass is 35.5. The van der Waals surface area contributed by atoms with Crippen LogP contribution in [0.15, 0.2) is 54.9 Å². The Hall–Kier alpha value is -2.96. The highest BCUT2D eigenvalue weighted by Crippen LogP contribution is 2.36. The predicted octanol–water partition coefficient (Wildman–Crippen LogP) is 3.57. The van der Waals surface area contributed by atoms with E-state index in [1.54, 1.807) is 11.0 Å². The third-order valence-electron chi connectivity index (χ3n) is 4.35. The van der Waals surface area contributed by atoms with Gasteiger partial charge in [-0.1, -0.05) is 35.9 Å². The van der Waals surface area contributed by atoms with Gasteiger partial charge in [0.2, 0.25) is 0 Å². The number of amides is 1. The number of fused-ring (bicyclic) bond motifs is 2. The van der Waals surface area contributed by atoms with Gasteiger partial charge >= 0.3 is 0 Å². The number of benzene rings is 2. The normalized spacial score (nSPS) is 13.0. The van der Waals surface area contributed by atoms with E-state index >= 15 is 0 Å². The molecule has 0 aliphatic carbocycles. The maximum Gasteiger partial charge on any atom is 0.274 e. The van der Waals surface area contributed by atoms with Gasteiger partial charge in [-0.2, -0.15) is 0 Å². The molecule has 0 radical (unpaired) electrons. The van der Waals surface area contributed by atoms with Crippen LogP contribution in [0.5, 0.6) is 11.5 Å². The van der Waals surface area contributed by atoms with Crippen molar-refractivity contribution < 1.29 is 14.6 Å². The summed E-state index contributed by atoms with van der Waals surface area (Å²) in [6.45, 7) is 0.410. The van der Waals surface area contributed by atoms with E-state index in [2.05, 4.69) is 9.97 Å². The van der Waals surface area contributed by atoms with E-state index in [1.165, 1.54) is 12.4 Å². The van der Waals surface area contributed by atoms with Crippen LogP contribution in [-0.4, -0.2) is 25.9 Å². The van der Waals surface area contributed by atoms with E-state index in [-0.39, 0.29) is 24.8 Å². The van der Waals surface area contributed by atoms with Crippen molar-refractivity contribution in [1.82, 2.24) is 14.9 Å². The summed E-state index contributed by atoms with van der Waals surface area (Å²) >= 11 is 6.38. The zero-order valence-corrected chi connectivity index (χ0v) is 15.1. The SMILES string of the molecule is O=C(c1cnc(CO)cn1)N1Cc2ccccc2Oc2cccc(Cl)c2C1. The van der Waals surface area contributed by atoms with Crippen LogP contribution >= 0.6 is 11.6 Å². The molecule has 2 aromatic carbocycles. The molecule has 0 atom stereocenters. The number of rotatable bonds is 2. The second-order valence-corrected chi connectivity index (χ2v) is 6.55. The molecular weight excluding hydrogens is 366 g/mol. The Bertz CT molecular complexity index is 992. The maximum absolute atomic E-state index is 13.1. The Morgan fingerprint density at radius 2 is 1.89 bits per heavy atom. The third-order valence-corrected chi connectivity index (χ3v) is 4.71. The largest absolute Gasteiger partial charge is 0.457 e. The number of hydrogen-bond acceptors (Lipinski definition) is 5. The molecule has 1 aliphatic heterocycles. The van der Waals surface area contributed by atoms with Crippen LogP contribution in [0.2, 0.25) is 5.02 Å². The number of nitrogens with zero attached hydrogens (tertiary/aromatic N) is 3. The van der Waals surface area contributed by atoms with Crippen LogP contribution < -0.4 is 4.74 Å². The van der Waals surface area contributed by atoms with Gasteiger partial charge in [-0.25, -0.2) is 4.98 Å². The van der Waals surface area contributed by atoms with Crippen molar-refractivity contribution >= 4 is 17.5 Å². The fraction of sp³-hybridized carbons (Fsp3) is 0.150. The van der Waals surface area contributed by atoms with Gasteiger partial charge in [0.25, 0.3) is 5.91 Å². The summed E-state index contributed by atoms with van der Waals surface area (Å²) in [5.74, 6) is 1.03. The summed E-state index contributed by atoms with van der Waals surface area (Å²) in [6.07, 6.45) is 2.78. The second kappa shape index (κ2) is 7.34. The van der Waals surface area contributed by atoms with Crippen LogP contribution in [0.25, 0.3) is 0 Å². The van der Waals surface area contributed by atoms with Crippen molar-refractivity contribution in [3.8, 4) is 11.5 Å². The maximum atomic E-state index is 13.1. The van der Waals surface area contributed by atoms with E-state index in [0.717, 1.165) is 11.1 Å².